The molecule has 1 aromatic rings. The summed E-state index contributed by atoms with van der Waals surface area (Å²) in [6.07, 6.45) is -2.02. The highest BCUT2D eigenvalue weighted by atomic mass is 19.4. The third-order valence-corrected chi connectivity index (χ3v) is 5.12. The molecular weight excluding hydrogens is 345 g/mol. The minimum absolute atomic E-state index is 0.0902. The molecule has 0 spiro atoms. The lowest BCUT2D eigenvalue weighted by atomic mass is 9.84. The van der Waals surface area contributed by atoms with E-state index >= 15 is 0 Å². The van der Waals surface area contributed by atoms with Crippen molar-refractivity contribution in [2.24, 2.45) is 5.92 Å². The summed E-state index contributed by atoms with van der Waals surface area (Å²) < 4.78 is 41.3. The van der Waals surface area contributed by atoms with Gasteiger partial charge < -0.3 is 5.11 Å². The van der Waals surface area contributed by atoms with E-state index < -0.39 is 23.7 Å². The van der Waals surface area contributed by atoms with Crippen molar-refractivity contribution >= 4 is 5.91 Å². The molecule has 7 heteroatoms. The van der Waals surface area contributed by atoms with Gasteiger partial charge in [0.2, 0.25) is 0 Å². The molecular formula is C19H23F3N2O2. The van der Waals surface area contributed by atoms with Gasteiger partial charge in [0.1, 0.15) is 0 Å². The van der Waals surface area contributed by atoms with Crippen molar-refractivity contribution in [1.29, 1.82) is 0 Å². The number of hydrogen-bond donors (Lipinski definition) is 2. The minimum Gasteiger partial charge on any atom is -0.362 e. The summed E-state index contributed by atoms with van der Waals surface area (Å²) in [6.45, 7) is 6.02. The maximum absolute atomic E-state index is 13.8. The third kappa shape index (κ3) is 2.88. The molecule has 2 aliphatic rings. The molecule has 1 aromatic carbocycles. The molecule has 0 bridgehead atoms. The zero-order chi connectivity index (χ0) is 19.3. The molecule has 2 N–H and O–H groups in total. The number of amides is 1. The van der Waals surface area contributed by atoms with Crippen LogP contribution in [-0.2, 0) is 5.41 Å². The van der Waals surface area contributed by atoms with Crippen LogP contribution in [0.3, 0.4) is 0 Å². The first-order valence-corrected chi connectivity index (χ1v) is 8.67. The molecule has 0 radical (unpaired) electrons. The summed E-state index contributed by atoms with van der Waals surface area (Å²) in [5.41, 5.74) is 0.432. The quantitative estimate of drug-likeness (QED) is 0.791. The van der Waals surface area contributed by atoms with Gasteiger partial charge in [-0.1, -0.05) is 39.0 Å². The van der Waals surface area contributed by atoms with Crippen LogP contribution in [0.2, 0.25) is 0 Å². The molecule has 1 amide bonds. The van der Waals surface area contributed by atoms with Crippen LogP contribution in [0.4, 0.5) is 13.2 Å². The molecule has 2 atom stereocenters. The molecule has 1 fully saturated rings. The summed E-state index contributed by atoms with van der Waals surface area (Å²) in [5.74, 6) is -2.09. The van der Waals surface area contributed by atoms with Gasteiger partial charge in [-0.05, 0) is 42.4 Å². The molecule has 26 heavy (non-hydrogen) atoms. The molecule has 0 unspecified atom stereocenters. The van der Waals surface area contributed by atoms with Gasteiger partial charge in [-0.25, -0.2) is 5.01 Å². The van der Waals surface area contributed by atoms with Gasteiger partial charge in [0.15, 0.2) is 0 Å². The SMILES string of the molecule is CC(C)(C)c1ccc(C(=O)N2NC3=CCCC[C@H]3[C@]2(O)C(F)(F)F)cc1. The van der Waals surface area contributed by atoms with Crippen molar-refractivity contribution in [2.75, 3.05) is 0 Å². The molecule has 4 nitrogen and oxygen atoms in total. The number of rotatable bonds is 1. The zero-order valence-electron chi connectivity index (χ0n) is 15.0. The first-order valence-electron chi connectivity index (χ1n) is 8.67. The average molecular weight is 368 g/mol. The van der Waals surface area contributed by atoms with Crippen molar-refractivity contribution < 1.29 is 23.1 Å². The molecule has 142 valence electrons. The molecule has 1 heterocycles. The van der Waals surface area contributed by atoms with Crippen LogP contribution in [0, 0.1) is 5.92 Å². The topological polar surface area (TPSA) is 52.6 Å². The summed E-state index contributed by atoms with van der Waals surface area (Å²) in [5, 5.41) is 10.9. The number of alkyl halides is 3. The number of carbonyl (C=O) groups excluding carboxylic acids is 1. The van der Waals surface area contributed by atoms with Crippen molar-refractivity contribution in [3.05, 3.63) is 47.2 Å². The predicted octanol–water partition coefficient (Wildman–Crippen LogP) is 3.88. The Bertz CT molecular complexity index is 735. The molecule has 3 rings (SSSR count). The zero-order valence-corrected chi connectivity index (χ0v) is 15.0. The van der Waals surface area contributed by atoms with E-state index in [4.69, 9.17) is 0 Å². The fourth-order valence-corrected chi connectivity index (χ4v) is 3.56. The van der Waals surface area contributed by atoms with Crippen molar-refractivity contribution in [1.82, 2.24) is 10.4 Å². The number of nitrogens with zero attached hydrogens (tertiary/aromatic N) is 1. The molecule has 1 aliphatic heterocycles. The smallest absolute Gasteiger partial charge is 0.362 e. The number of fused-ring (bicyclic) bond motifs is 1. The average Bonchev–Trinajstić information content (AvgIpc) is 2.88. The molecule has 1 aliphatic carbocycles. The number of benzene rings is 1. The van der Waals surface area contributed by atoms with Gasteiger partial charge in [0.05, 0.1) is 5.92 Å². The van der Waals surface area contributed by atoms with E-state index in [-0.39, 0.29) is 23.1 Å². The third-order valence-electron chi connectivity index (χ3n) is 5.12. The van der Waals surface area contributed by atoms with Gasteiger partial charge in [-0.3, -0.25) is 10.2 Å². The van der Waals surface area contributed by atoms with Crippen LogP contribution in [0.25, 0.3) is 0 Å². The maximum Gasteiger partial charge on any atom is 0.439 e. The van der Waals surface area contributed by atoms with Crippen LogP contribution in [0.1, 0.15) is 56.0 Å². The van der Waals surface area contributed by atoms with E-state index in [9.17, 15) is 23.1 Å². The largest absolute Gasteiger partial charge is 0.439 e. The lowest BCUT2D eigenvalue weighted by Gasteiger charge is -2.37. The number of carbonyl (C=O) groups is 1. The van der Waals surface area contributed by atoms with Crippen LogP contribution < -0.4 is 5.43 Å². The van der Waals surface area contributed by atoms with Crippen molar-refractivity contribution in [3.8, 4) is 0 Å². The lowest BCUT2D eigenvalue weighted by molar-refractivity contribution is -0.314. The number of hydrazine groups is 1. The molecule has 0 saturated carbocycles. The van der Waals surface area contributed by atoms with E-state index in [1.165, 1.54) is 12.1 Å². The van der Waals surface area contributed by atoms with E-state index in [1.807, 2.05) is 20.8 Å². The van der Waals surface area contributed by atoms with Gasteiger partial charge in [0.25, 0.3) is 11.6 Å². The van der Waals surface area contributed by atoms with E-state index in [0.29, 0.717) is 17.9 Å². The summed E-state index contributed by atoms with van der Waals surface area (Å²) in [4.78, 5) is 12.8. The Balaban J connectivity index is 1.97. The Kier molecular flexibility index (Phi) is 4.34. The Morgan fingerprint density at radius 2 is 1.85 bits per heavy atom. The summed E-state index contributed by atoms with van der Waals surface area (Å²) >= 11 is 0. The highest BCUT2D eigenvalue weighted by molar-refractivity contribution is 5.95. The number of hydrogen-bond acceptors (Lipinski definition) is 3. The number of allylic oxidation sites excluding steroid dienone is 1. The summed E-state index contributed by atoms with van der Waals surface area (Å²) in [6, 6.07) is 6.44. The van der Waals surface area contributed by atoms with Crippen LogP contribution >= 0.6 is 0 Å². The lowest BCUT2D eigenvalue weighted by Crippen LogP contribution is -2.62. The standard InChI is InChI=1S/C19H23F3N2O2/c1-17(2,3)13-10-8-12(9-11-13)16(25)24-18(26,19(20,21)22)14-6-4-5-7-15(14)23-24/h7-11,14,23,26H,4-6H2,1-3H3/t14-,18+/m1/s1. The van der Waals surface area contributed by atoms with Crippen LogP contribution in [-0.4, -0.2) is 27.9 Å². The normalized spacial score (nSPS) is 26.2. The monoisotopic (exact) mass is 368 g/mol. The second-order valence-corrected chi connectivity index (χ2v) is 7.95. The van der Waals surface area contributed by atoms with Gasteiger partial charge in [-0.15, -0.1) is 0 Å². The van der Waals surface area contributed by atoms with Gasteiger partial charge >= 0.3 is 6.18 Å². The number of aliphatic hydroxyl groups is 1. The number of halogens is 3. The Morgan fingerprint density at radius 1 is 1.23 bits per heavy atom. The van der Waals surface area contributed by atoms with Gasteiger partial charge in [0, 0.05) is 11.3 Å². The fourth-order valence-electron chi connectivity index (χ4n) is 3.56. The van der Waals surface area contributed by atoms with Crippen molar-refractivity contribution in [2.45, 2.75) is 57.3 Å². The Morgan fingerprint density at radius 3 is 2.38 bits per heavy atom. The first-order chi connectivity index (χ1) is 12.0. The van der Waals surface area contributed by atoms with Crippen LogP contribution in [0.5, 0.6) is 0 Å². The highest BCUT2D eigenvalue weighted by Gasteiger charge is 2.68. The maximum atomic E-state index is 13.8. The van der Waals surface area contributed by atoms with Crippen molar-refractivity contribution in [3.63, 3.8) is 0 Å². The number of nitrogens with one attached hydrogen (secondary N) is 1. The minimum atomic E-state index is -4.97. The van der Waals surface area contributed by atoms with E-state index in [2.05, 4.69) is 5.43 Å². The van der Waals surface area contributed by atoms with E-state index in [1.54, 1.807) is 18.2 Å². The summed E-state index contributed by atoms with van der Waals surface area (Å²) in [7, 11) is 0. The Hall–Kier alpha value is -2.02. The molecule has 0 aromatic heterocycles. The highest BCUT2D eigenvalue weighted by Crippen LogP contribution is 2.49. The second-order valence-electron chi connectivity index (χ2n) is 7.95. The second kappa shape index (κ2) is 6.01. The van der Waals surface area contributed by atoms with Gasteiger partial charge in [-0.2, -0.15) is 13.2 Å². The van der Waals surface area contributed by atoms with Crippen LogP contribution in [0.15, 0.2) is 36.0 Å². The Labute approximate surface area is 150 Å². The predicted molar refractivity (Wildman–Crippen MR) is 90.9 cm³/mol. The first kappa shape index (κ1) is 18.8. The fraction of sp³-hybridized carbons (Fsp3) is 0.526. The van der Waals surface area contributed by atoms with E-state index in [0.717, 1.165) is 5.56 Å². The molecule has 1 saturated heterocycles.